The summed E-state index contributed by atoms with van der Waals surface area (Å²) in [5.74, 6) is 0.893. The zero-order valence-electron chi connectivity index (χ0n) is 17.8. The van der Waals surface area contributed by atoms with Crippen LogP contribution in [0.3, 0.4) is 0 Å². The predicted octanol–water partition coefficient (Wildman–Crippen LogP) is 2.83. The van der Waals surface area contributed by atoms with Gasteiger partial charge in [0.05, 0.1) is 30.1 Å². The first-order chi connectivity index (χ1) is 13.5. The molecule has 1 fully saturated rings. The summed E-state index contributed by atoms with van der Waals surface area (Å²) in [5, 5.41) is 0.700. The second kappa shape index (κ2) is 9.63. The van der Waals surface area contributed by atoms with Crippen LogP contribution in [0.2, 0.25) is 0 Å². The van der Waals surface area contributed by atoms with Crippen molar-refractivity contribution in [1.29, 1.82) is 0 Å². The van der Waals surface area contributed by atoms with Gasteiger partial charge in [0.2, 0.25) is 0 Å². The van der Waals surface area contributed by atoms with Crippen LogP contribution < -0.4 is 5.56 Å². The lowest BCUT2D eigenvalue weighted by molar-refractivity contribution is 0.164. The van der Waals surface area contributed by atoms with E-state index in [1.807, 2.05) is 29.7 Å². The van der Waals surface area contributed by atoms with E-state index in [1.54, 1.807) is 7.11 Å². The van der Waals surface area contributed by atoms with E-state index in [9.17, 15) is 4.79 Å². The van der Waals surface area contributed by atoms with Gasteiger partial charge < -0.3 is 9.64 Å². The van der Waals surface area contributed by atoms with E-state index in [0.717, 1.165) is 62.3 Å². The molecule has 0 aliphatic carbocycles. The summed E-state index contributed by atoms with van der Waals surface area (Å²) in [5.41, 5.74) is 1.93. The number of nitrogens with zero attached hydrogens (tertiary/aromatic N) is 4. The van der Waals surface area contributed by atoms with Crippen LogP contribution in [-0.2, 0) is 11.3 Å². The molecule has 6 heteroatoms. The van der Waals surface area contributed by atoms with Crippen molar-refractivity contribution in [3.05, 3.63) is 39.9 Å². The summed E-state index contributed by atoms with van der Waals surface area (Å²) in [7, 11) is 3.86. The number of hydrogen-bond donors (Lipinski definition) is 0. The molecule has 2 heterocycles. The van der Waals surface area contributed by atoms with Gasteiger partial charge in [-0.3, -0.25) is 14.3 Å². The van der Waals surface area contributed by atoms with Crippen molar-refractivity contribution in [3.63, 3.8) is 0 Å². The number of fused-ring (bicyclic) bond motifs is 1. The molecule has 2 aromatic rings. The molecule has 3 rings (SSSR count). The van der Waals surface area contributed by atoms with Crippen molar-refractivity contribution in [2.24, 2.45) is 0 Å². The molecular weight excluding hydrogens is 352 g/mol. The third-order valence-electron chi connectivity index (χ3n) is 5.71. The van der Waals surface area contributed by atoms with Gasteiger partial charge in [0.1, 0.15) is 5.82 Å². The number of aromatic nitrogens is 2. The third-order valence-corrected chi connectivity index (χ3v) is 5.71. The fraction of sp³-hybridized carbons (Fsp3) is 0.636. The van der Waals surface area contributed by atoms with Crippen LogP contribution >= 0.6 is 0 Å². The third kappa shape index (κ3) is 4.62. The van der Waals surface area contributed by atoms with Gasteiger partial charge in [0.25, 0.3) is 5.56 Å². The van der Waals surface area contributed by atoms with Gasteiger partial charge >= 0.3 is 0 Å². The van der Waals surface area contributed by atoms with Crippen LogP contribution in [0.1, 0.15) is 43.6 Å². The average molecular weight is 387 g/mol. The summed E-state index contributed by atoms with van der Waals surface area (Å²) in [6.07, 6.45) is 3.20. The number of rotatable bonds is 7. The second-order valence-electron chi connectivity index (χ2n) is 7.94. The van der Waals surface area contributed by atoms with Gasteiger partial charge in [0, 0.05) is 26.7 Å². The highest BCUT2D eigenvalue weighted by Gasteiger charge is 2.26. The maximum Gasteiger partial charge on any atom is 0.261 e. The summed E-state index contributed by atoms with van der Waals surface area (Å²) < 4.78 is 7.16. The zero-order chi connectivity index (χ0) is 20.1. The molecule has 1 atom stereocenters. The Bertz CT molecular complexity index is 848. The highest BCUT2D eigenvalue weighted by atomic mass is 16.5. The Morgan fingerprint density at radius 1 is 1.21 bits per heavy atom. The first-order valence-electron chi connectivity index (χ1n) is 10.5. The molecule has 1 aromatic heterocycles. The molecule has 0 bridgehead atoms. The van der Waals surface area contributed by atoms with Crippen molar-refractivity contribution in [1.82, 2.24) is 19.4 Å². The summed E-state index contributed by atoms with van der Waals surface area (Å²) >= 11 is 0. The SMILES string of the molecule is CCCC(c1nc2ccc(C)cc2c(=O)n1CCOC)N1CCCN(C)CC1. The van der Waals surface area contributed by atoms with Crippen molar-refractivity contribution in [3.8, 4) is 0 Å². The molecule has 1 aliphatic heterocycles. The molecule has 1 aromatic carbocycles. The van der Waals surface area contributed by atoms with E-state index >= 15 is 0 Å². The Balaban J connectivity index is 2.10. The molecule has 6 nitrogen and oxygen atoms in total. The van der Waals surface area contributed by atoms with Crippen LogP contribution in [0, 0.1) is 6.92 Å². The van der Waals surface area contributed by atoms with Crippen LogP contribution in [0.15, 0.2) is 23.0 Å². The number of aryl methyl sites for hydroxylation is 1. The molecule has 0 saturated carbocycles. The highest BCUT2D eigenvalue weighted by molar-refractivity contribution is 5.78. The van der Waals surface area contributed by atoms with E-state index in [0.29, 0.717) is 18.5 Å². The second-order valence-corrected chi connectivity index (χ2v) is 7.94. The van der Waals surface area contributed by atoms with E-state index in [4.69, 9.17) is 9.72 Å². The Kier molecular flexibility index (Phi) is 7.21. The lowest BCUT2D eigenvalue weighted by Crippen LogP contribution is -2.38. The van der Waals surface area contributed by atoms with Crippen LogP contribution in [0.25, 0.3) is 10.9 Å². The minimum absolute atomic E-state index is 0.0498. The summed E-state index contributed by atoms with van der Waals surface area (Å²) in [6.45, 7) is 9.49. The minimum Gasteiger partial charge on any atom is -0.383 e. The monoisotopic (exact) mass is 386 g/mol. The first-order valence-corrected chi connectivity index (χ1v) is 10.5. The molecule has 1 unspecified atom stereocenters. The molecule has 154 valence electrons. The largest absolute Gasteiger partial charge is 0.383 e. The Labute approximate surface area is 168 Å². The van der Waals surface area contributed by atoms with Crippen LogP contribution in [0.4, 0.5) is 0 Å². The van der Waals surface area contributed by atoms with Gasteiger partial charge in [0.15, 0.2) is 0 Å². The maximum absolute atomic E-state index is 13.4. The number of benzene rings is 1. The smallest absolute Gasteiger partial charge is 0.261 e. The quantitative estimate of drug-likeness (QED) is 0.732. The van der Waals surface area contributed by atoms with Crippen LogP contribution in [0.5, 0.6) is 0 Å². The van der Waals surface area contributed by atoms with Crippen LogP contribution in [-0.4, -0.2) is 66.3 Å². The molecule has 0 spiro atoms. The van der Waals surface area contributed by atoms with E-state index in [1.165, 1.54) is 0 Å². The maximum atomic E-state index is 13.4. The molecule has 1 aliphatic rings. The Morgan fingerprint density at radius 2 is 2.04 bits per heavy atom. The number of likely N-dealkylation sites (N-methyl/N-ethyl adjacent to an activating group) is 1. The van der Waals surface area contributed by atoms with Crippen molar-refractivity contribution in [2.45, 2.75) is 45.7 Å². The fourth-order valence-corrected chi connectivity index (χ4v) is 4.13. The normalized spacial score (nSPS) is 17.7. The Hall–Kier alpha value is -1.76. The van der Waals surface area contributed by atoms with Gasteiger partial charge in [-0.25, -0.2) is 4.98 Å². The molecule has 0 N–H and O–H groups in total. The standard InChI is InChI=1S/C22H34N4O2/c1-5-7-20(25-11-6-10-24(3)12-13-25)21-23-19-9-8-17(2)16-18(19)22(27)26(21)14-15-28-4/h8-9,16,20H,5-7,10-15H2,1-4H3. The Morgan fingerprint density at radius 3 is 2.79 bits per heavy atom. The number of methoxy groups -OCH3 is 1. The van der Waals surface area contributed by atoms with Crippen molar-refractivity contribution < 1.29 is 4.74 Å². The predicted molar refractivity (Wildman–Crippen MR) is 114 cm³/mol. The number of ether oxygens (including phenoxy) is 1. The highest BCUT2D eigenvalue weighted by Crippen LogP contribution is 2.26. The van der Waals surface area contributed by atoms with E-state index in [-0.39, 0.29) is 11.6 Å². The topological polar surface area (TPSA) is 50.6 Å². The molecule has 28 heavy (non-hydrogen) atoms. The van der Waals surface area contributed by atoms with E-state index < -0.39 is 0 Å². The fourth-order valence-electron chi connectivity index (χ4n) is 4.13. The lowest BCUT2D eigenvalue weighted by Gasteiger charge is -2.31. The molecule has 1 saturated heterocycles. The molecule has 0 amide bonds. The van der Waals surface area contributed by atoms with Gasteiger partial charge in [-0.2, -0.15) is 0 Å². The van der Waals surface area contributed by atoms with Gasteiger partial charge in [-0.1, -0.05) is 25.0 Å². The lowest BCUT2D eigenvalue weighted by atomic mass is 10.1. The van der Waals surface area contributed by atoms with Gasteiger partial charge in [-0.05, 0) is 45.5 Å². The summed E-state index contributed by atoms with van der Waals surface area (Å²) in [6, 6.07) is 6.13. The average Bonchev–Trinajstić information content (AvgIpc) is 2.90. The van der Waals surface area contributed by atoms with E-state index in [2.05, 4.69) is 23.8 Å². The van der Waals surface area contributed by atoms with Crippen molar-refractivity contribution >= 4 is 10.9 Å². The summed E-state index contributed by atoms with van der Waals surface area (Å²) in [4.78, 5) is 23.3. The molecule has 0 radical (unpaired) electrons. The van der Waals surface area contributed by atoms with Gasteiger partial charge in [-0.15, -0.1) is 0 Å². The number of hydrogen-bond acceptors (Lipinski definition) is 5. The minimum atomic E-state index is 0.0498. The van der Waals surface area contributed by atoms with Crippen molar-refractivity contribution in [2.75, 3.05) is 46.9 Å². The molecular formula is C22H34N4O2. The zero-order valence-corrected chi connectivity index (χ0v) is 17.8. The first kappa shape index (κ1) is 21.0.